The molecule has 0 aromatic heterocycles. The first-order valence-electron chi connectivity index (χ1n) is 8.76. The summed E-state index contributed by atoms with van der Waals surface area (Å²) in [4.78, 5) is 0. The second-order valence-electron chi connectivity index (χ2n) is 7.11. The average Bonchev–Trinajstić information content (AvgIpc) is 3.11. The second-order valence-corrected chi connectivity index (χ2v) is 7.11. The van der Waals surface area contributed by atoms with Crippen LogP contribution in [0.15, 0.2) is 60.7 Å². The monoisotopic (exact) mass is 325 g/mol. The maximum atomic E-state index is 6.43. The Morgan fingerprint density at radius 3 is 2.12 bits per heavy atom. The molecule has 2 N–H and O–H groups in total. The number of ether oxygens (including phenoxy) is 2. The molecular weight excluding hydrogens is 298 g/mol. The highest BCUT2D eigenvalue weighted by atomic mass is 16.5. The number of nitrogens with two attached hydrogens (primary N) is 1. The second kappa shape index (κ2) is 7.37. The molecule has 1 unspecified atom stereocenters. The van der Waals surface area contributed by atoms with Gasteiger partial charge in [-0.05, 0) is 37.5 Å². The van der Waals surface area contributed by atoms with Crippen LogP contribution in [0.25, 0.3) is 0 Å². The Bertz CT molecular complexity index is 619. The first-order valence-corrected chi connectivity index (χ1v) is 8.76. The molecule has 2 aromatic carbocycles. The van der Waals surface area contributed by atoms with Gasteiger partial charge in [-0.15, -0.1) is 0 Å². The predicted molar refractivity (Wildman–Crippen MR) is 97.1 cm³/mol. The molecule has 128 valence electrons. The van der Waals surface area contributed by atoms with Crippen molar-refractivity contribution in [2.24, 2.45) is 5.73 Å². The summed E-state index contributed by atoms with van der Waals surface area (Å²) in [7, 11) is 0. The van der Waals surface area contributed by atoms with Crippen molar-refractivity contribution in [1.82, 2.24) is 0 Å². The highest BCUT2D eigenvalue weighted by Crippen LogP contribution is 2.42. The summed E-state index contributed by atoms with van der Waals surface area (Å²) in [6.07, 6.45) is 4.53. The van der Waals surface area contributed by atoms with Crippen LogP contribution in [0.1, 0.15) is 38.2 Å². The third-order valence-electron chi connectivity index (χ3n) is 4.70. The number of benzene rings is 2. The Morgan fingerprint density at radius 2 is 1.50 bits per heavy atom. The summed E-state index contributed by atoms with van der Waals surface area (Å²) in [5, 5.41) is 0. The number of para-hydroxylation sites is 1. The third-order valence-corrected chi connectivity index (χ3v) is 4.70. The molecule has 3 heteroatoms. The lowest BCUT2D eigenvalue weighted by atomic mass is 9.91. The zero-order chi connectivity index (χ0) is 16.9. The maximum Gasteiger partial charge on any atom is 0.119 e. The SMILES string of the molecule is CC(N)(COc1ccccc1)COC1(c2ccccc2)CCCC1. The molecule has 0 saturated heterocycles. The summed E-state index contributed by atoms with van der Waals surface area (Å²) in [5.74, 6) is 0.841. The largest absolute Gasteiger partial charge is 0.492 e. The van der Waals surface area contributed by atoms with E-state index in [0.29, 0.717) is 13.2 Å². The molecule has 3 rings (SSSR count). The average molecular weight is 325 g/mol. The highest BCUT2D eigenvalue weighted by molar-refractivity contribution is 5.24. The maximum absolute atomic E-state index is 6.43. The van der Waals surface area contributed by atoms with Crippen LogP contribution in [0.3, 0.4) is 0 Å². The van der Waals surface area contributed by atoms with Crippen LogP contribution in [-0.2, 0) is 10.3 Å². The van der Waals surface area contributed by atoms with Crippen molar-refractivity contribution >= 4 is 0 Å². The fourth-order valence-corrected chi connectivity index (χ4v) is 3.31. The van der Waals surface area contributed by atoms with E-state index in [1.807, 2.05) is 43.3 Å². The fourth-order valence-electron chi connectivity index (χ4n) is 3.31. The van der Waals surface area contributed by atoms with E-state index in [0.717, 1.165) is 18.6 Å². The number of hydrogen-bond donors (Lipinski definition) is 1. The van der Waals surface area contributed by atoms with Crippen LogP contribution in [0, 0.1) is 0 Å². The predicted octanol–water partition coefficient (Wildman–Crippen LogP) is 4.27. The third kappa shape index (κ3) is 4.16. The van der Waals surface area contributed by atoms with Gasteiger partial charge in [0.1, 0.15) is 12.4 Å². The molecule has 0 bridgehead atoms. The van der Waals surface area contributed by atoms with E-state index < -0.39 is 5.54 Å². The van der Waals surface area contributed by atoms with Gasteiger partial charge in [0.05, 0.1) is 17.7 Å². The van der Waals surface area contributed by atoms with Gasteiger partial charge < -0.3 is 15.2 Å². The van der Waals surface area contributed by atoms with Gasteiger partial charge in [-0.25, -0.2) is 0 Å². The first-order chi connectivity index (χ1) is 11.6. The zero-order valence-corrected chi connectivity index (χ0v) is 14.4. The fraction of sp³-hybridized carbons (Fsp3) is 0.429. The van der Waals surface area contributed by atoms with Crippen molar-refractivity contribution in [1.29, 1.82) is 0 Å². The van der Waals surface area contributed by atoms with E-state index in [1.165, 1.54) is 18.4 Å². The van der Waals surface area contributed by atoms with Gasteiger partial charge in [0, 0.05) is 0 Å². The topological polar surface area (TPSA) is 44.5 Å². The lowest BCUT2D eigenvalue weighted by molar-refractivity contribution is -0.0701. The summed E-state index contributed by atoms with van der Waals surface area (Å²) in [6, 6.07) is 20.3. The van der Waals surface area contributed by atoms with Crippen LogP contribution < -0.4 is 10.5 Å². The van der Waals surface area contributed by atoms with Crippen molar-refractivity contribution in [2.75, 3.05) is 13.2 Å². The van der Waals surface area contributed by atoms with Crippen molar-refractivity contribution in [2.45, 2.75) is 43.7 Å². The lowest BCUT2D eigenvalue weighted by Crippen LogP contribution is -2.48. The lowest BCUT2D eigenvalue weighted by Gasteiger charge is -2.34. The van der Waals surface area contributed by atoms with Gasteiger partial charge in [0.15, 0.2) is 0 Å². The smallest absolute Gasteiger partial charge is 0.119 e. The highest BCUT2D eigenvalue weighted by Gasteiger charge is 2.38. The summed E-state index contributed by atoms with van der Waals surface area (Å²) < 4.78 is 12.2. The molecule has 0 spiro atoms. The van der Waals surface area contributed by atoms with Crippen LogP contribution in [0.5, 0.6) is 5.75 Å². The van der Waals surface area contributed by atoms with E-state index in [-0.39, 0.29) is 5.60 Å². The zero-order valence-electron chi connectivity index (χ0n) is 14.4. The van der Waals surface area contributed by atoms with Gasteiger partial charge >= 0.3 is 0 Å². The van der Waals surface area contributed by atoms with Gasteiger partial charge in [0.2, 0.25) is 0 Å². The van der Waals surface area contributed by atoms with Gasteiger partial charge in [-0.2, -0.15) is 0 Å². The molecular formula is C21H27NO2. The van der Waals surface area contributed by atoms with Crippen LogP contribution in [0.4, 0.5) is 0 Å². The molecule has 1 saturated carbocycles. The van der Waals surface area contributed by atoms with Crippen molar-refractivity contribution in [3.8, 4) is 5.75 Å². The standard InChI is InChI=1S/C21H27NO2/c1-20(22,16-23-19-12-6-3-7-13-19)17-24-21(14-8-9-15-21)18-10-4-2-5-11-18/h2-7,10-13H,8-9,14-17,22H2,1H3. The van der Waals surface area contributed by atoms with Crippen LogP contribution in [-0.4, -0.2) is 18.8 Å². The van der Waals surface area contributed by atoms with Gasteiger partial charge in [-0.3, -0.25) is 0 Å². The van der Waals surface area contributed by atoms with Crippen molar-refractivity contribution < 1.29 is 9.47 Å². The van der Waals surface area contributed by atoms with E-state index in [4.69, 9.17) is 15.2 Å². The first kappa shape index (κ1) is 17.0. The Morgan fingerprint density at radius 1 is 0.917 bits per heavy atom. The summed E-state index contributed by atoms with van der Waals surface area (Å²) in [5.41, 5.74) is 6.98. The Kier molecular flexibility index (Phi) is 5.22. The van der Waals surface area contributed by atoms with Crippen molar-refractivity contribution in [3.05, 3.63) is 66.2 Å². The quantitative estimate of drug-likeness (QED) is 0.827. The van der Waals surface area contributed by atoms with Crippen LogP contribution >= 0.6 is 0 Å². The van der Waals surface area contributed by atoms with E-state index in [1.54, 1.807) is 0 Å². The molecule has 2 aromatic rings. The summed E-state index contributed by atoms with van der Waals surface area (Å²) >= 11 is 0. The Labute approximate surface area is 144 Å². The van der Waals surface area contributed by atoms with Crippen LogP contribution in [0.2, 0.25) is 0 Å². The minimum Gasteiger partial charge on any atom is -0.492 e. The number of hydrogen-bond acceptors (Lipinski definition) is 3. The normalized spacial score (nSPS) is 18.9. The molecule has 0 amide bonds. The molecule has 0 aliphatic heterocycles. The molecule has 0 radical (unpaired) electrons. The Hall–Kier alpha value is -1.84. The minimum absolute atomic E-state index is 0.186. The van der Waals surface area contributed by atoms with Gasteiger partial charge in [-0.1, -0.05) is 61.4 Å². The van der Waals surface area contributed by atoms with E-state index in [2.05, 4.69) is 24.3 Å². The molecule has 1 atom stereocenters. The minimum atomic E-state index is -0.528. The molecule has 1 fully saturated rings. The van der Waals surface area contributed by atoms with E-state index in [9.17, 15) is 0 Å². The molecule has 0 heterocycles. The molecule has 3 nitrogen and oxygen atoms in total. The van der Waals surface area contributed by atoms with Gasteiger partial charge in [0.25, 0.3) is 0 Å². The van der Waals surface area contributed by atoms with Crippen molar-refractivity contribution in [3.63, 3.8) is 0 Å². The Balaban J connectivity index is 1.61. The summed E-state index contributed by atoms with van der Waals surface area (Å²) in [6.45, 7) is 2.90. The molecule has 1 aliphatic rings. The van der Waals surface area contributed by atoms with E-state index >= 15 is 0 Å². The molecule has 24 heavy (non-hydrogen) atoms. The number of rotatable bonds is 7. The molecule has 1 aliphatic carbocycles.